The molecule has 4 heterocycles. The van der Waals surface area contributed by atoms with Gasteiger partial charge in [0.25, 0.3) is 5.91 Å². The average molecular weight is 1090 g/mol. The van der Waals surface area contributed by atoms with Gasteiger partial charge >= 0.3 is 5.97 Å². The zero-order valence-corrected chi connectivity index (χ0v) is 49.2. The summed E-state index contributed by atoms with van der Waals surface area (Å²) < 4.78 is 18.6. The molecule has 0 spiro atoms. The summed E-state index contributed by atoms with van der Waals surface area (Å²) in [6.07, 6.45) is 27.5. The third-order valence-electron chi connectivity index (χ3n) is 15.9. The van der Waals surface area contributed by atoms with Crippen LogP contribution in [0.3, 0.4) is 0 Å². The van der Waals surface area contributed by atoms with Gasteiger partial charge in [-0.15, -0.1) is 0 Å². The zero-order chi connectivity index (χ0) is 58.1. The van der Waals surface area contributed by atoms with Crippen LogP contribution < -0.4 is 21.4 Å². The third-order valence-corrected chi connectivity index (χ3v) is 15.9. The molecule has 0 aromatic heterocycles. The van der Waals surface area contributed by atoms with Crippen LogP contribution >= 0.6 is 0 Å². The van der Waals surface area contributed by atoms with E-state index >= 15 is 0 Å². The second-order valence-electron chi connectivity index (χ2n) is 22.3. The first kappa shape index (κ1) is 67.1. The lowest BCUT2D eigenvalue weighted by Gasteiger charge is -2.40. The van der Waals surface area contributed by atoms with Crippen molar-refractivity contribution in [3.05, 3.63) is 95.9 Å². The Morgan fingerprint density at radius 3 is 2.29 bits per heavy atom. The van der Waals surface area contributed by atoms with Crippen LogP contribution in [0.4, 0.5) is 0 Å². The molecule has 2 bridgehead atoms. The number of fused-ring (bicyclic) bond motifs is 3. The number of ether oxygens (including phenoxy) is 3. The van der Waals surface area contributed by atoms with Crippen LogP contribution in [0.5, 0.6) is 0 Å². The molecule has 7 N–H and O–H groups in total. The van der Waals surface area contributed by atoms with Gasteiger partial charge in [-0.1, -0.05) is 103 Å². The van der Waals surface area contributed by atoms with E-state index in [4.69, 9.17) is 19.3 Å². The number of hydrogen-bond acceptors (Lipinski definition) is 12. The topological polar surface area (TPSA) is 225 Å². The number of carbonyl (C=O) groups is 5. The van der Waals surface area contributed by atoms with Gasteiger partial charge < -0.3 is 45.5 Å². The normalized spacial score (nSPS) is 30.9. The van der Waals surface area contributed by atoms with Crippen molar-refractivity contribution in [3.8, 4) is 0 Å². The number of methoxy groups -OCH3 is 1. The first-order chi connectivity index (χ1) is 37.2. The highest BCUT2D eigenvalue weighted by Crippen LogP contribution is 2.34. The number of cyclic esters (lactones) is 1. The van der Waals surface area contributed by atoms with E-state index in [1.165, 1.54) is 23.2 Å². The summed E-state index contributed by atoms with van der Waals surface area (Å²) in [5.74, 6) is -2.40. The fourth-order valence-corrected chi connectivity index (χ4v) is 10.6. The Bertz CT molecular complexity index is 2180. The SMILES string of the molecule is C=C/C(=C\C(O)=C/C)CC1NC(=O)C(C(C)C)NC(=O)C2CCC(C)OC2C(C)C/C=C/C=C/C[C@@H](/C(C)=C/C=C/CCC(C)C(O)CCC(C)/C=C(/C)[C@]2(OC)CCC(CC)C(=O)N2)OC(=O)C2CCCN(N2)C1=O.CO. The molecule has 78 heavy (non-hydrogen) atoms. The number of hydrazine groups is 1. The number of nitrogens with one attached hydrogen (secondary N) is 4. The molecule has 438 valence electrons. The summed E-state index contributed by atoms with van der Waals surface area (Å²) in [5.41, 5.74) is 4.63. The van der Waals surface area contributed by atoms with Crippen molar-refractivity contribution in [2.45, 2.75) is 207 Å². The maximum Gasteiger partial charge on any atom is 0.325 e. The zero-order valence-electron chi connectivity index (χ0n) is 49.2. The molecule has 0 saturated carbocycles. The molecule has 3 saturated heterocycles. The summed E-state index contributed by atoms with van der Waals surface area (Å²) in [6, 6.07) is -2.98. The van der Waals surface area contributed by atoms with Crippen LogP contribution in [0.2, 0.25) is 0 Å². The Hall–Kier alpha value is -5.13. The number of allylic oxidation sites excluding steroid dienone is 10. The summed E-state index contributed by atoms with van der Waals surface area (Å²) in [6.45, 7) is 23.8. The highest BCUT2D eigenvalue weighted by atomic mass is 16.5. The predicted molar refractivity (Wildman–Crippen MR) is 308 cm³/mol. The summed E-state index contributed by atoms with van der Waals surface area (Å²) in [5, 5.41) is 39.0. The molecule has 13 atom stereocenters. The van der Waals surface area contributed by atoms with Crippen LogP contribution in [-0.2, 0) is 38.2 Å². The van der Waals surface area contributed by atoms with Gasteiger partial charge in [0.15, 0.2) is 5.72 Å². The van der Waals surface area contributed by atoms with Gasteiger partial charge in [-0.2, -0.15) is 0 Å². The fourth-order valence-electron chi connectivity index (χ4n) is 10.6. The number of rotatable bonds is 18. The molecule has 0 radical (unpaired) electrons. The highest BCUT2D eigenvalue weighted by molar-refractivity contribution is 5.93. The number of nitrogens with zero attached hydrogens (tertiary/aromatic N) is 1. The van der Waals surface area contributed by atoms with Gasteiger partial charge in [0, 0.05) is 45.9 Å². The lowest BCUT2D eigenvalue weighted by Crippen LogP contribution is -2.62. The molecule has 16 heteroatoms. The molecular weight excluding hydrogens is 991 g/mol. The number of hydrogen-bond donors (Lipinski definition) is 7. The van der Waals surface area contributed by atoms with Gasteiger partial charge in [-0.25, -0.2) is 5.43 Å². The molecule has 4 aliphatic heterocycles. The number of carbonyl (C=O) groups excluding carboxylic acids is 5. The van der Waals surface area contributed by atoms with E-state index in [1.807, 2.05) is 71.9 Å². The number of esters is 1. The van der Waals surface area contributed by atoms with E-state index in [0.717, 1.165) is 56.8 Å². The van der Waals surface area contributed by atoms with Gasteiger partial charge in [0.1, 0.15) is 30.0 Å². The molecule has 0 aromatic rings. The third kappa shape index (κ3) is 20.5. The smallest absolute Gasteiger partial charge is 0.325 e. The maximum absolute atomic E-state index is 14.6. The first-order valence-electron chi connectivity index (χ1n) is 28.7. The van der Waals surface area contributed by atoms with E-state index in [2.05, 4.69) is 67.0 Å². The number of piperidine rings is 1. The van der Waals surface area contributed by atoms with Crippen molar-refractivity contribution < 1.29 is 53.5 Å². The second-order valence-corrected chi connectivity index (χ2v) is 22.3. The minimum Gasteiger partial charge on any atom is -0.508 e. The monoisotopic (exact) mass is 1090 g/mol. The second kappa shape index (κ2) is 34.1. The Kier molecular flexibility index (Phi) is 29.4. The van der Waals surface area contributed by atoms with Crippen molar-refractivity contribution in [2.75, 3.05) is 20.8 Å². The lowest BCUT2D eigenvalue weighted by molar-refractivity contribution is -0.156. The van der Waals surface area contributed by atoms with Gasteiger partial charge in [0.05, 0.1) is 24.2 Å². The van der Waals surface area contributed by atoms with Crippen molar-refractivity contribution in [1.29, 1.82) is 0 Å². The van der Waals surface area contributed by atoms with Crippen LogP contribution in [0, 0.1) is 35.5 Å². The van der Waals surface area contributed by atoms with E-state index in [0.29, 0.717) is 50.5 Å². The Morgan fingerprint density at radius 1 is 0.949 bits per heavy atom. The molecule has 4 amide bonds. The van der Waals surface area contributed by atoms with Crippen LogP contribution in [0.1, 0.15) is 159 Å². The molecule has 4 rings (SSSR count). The van der Waals surface area contributed by atoms with Crippen LogP contribution in [0.15, 0.2) is 95.9 Å². The Morgan fingerprint density at radius 2 is 1.65 bits per heavy atom. The molecule has 16 nitrogen and oxygen atoms in total. The van der Waals surface area contributed by atoms with Crippen LogP contribution in [-0.4, -0.2) is 119 Å². The molecule has 0 aliphatic carbocycles. The van der Waals surface area contributed by atoms with Gasteiger partial charge in [-0.3, -0.25) is 29.0 Å². The van der Waals surface area contributed by atoms with Gasteiger partial charge in [0.2, 0.25) is 17.7 Å². The average Bonchev–Trinajstić information content (AvgIpc) is 3.45. The van der Waals surface area contributed by atoms with Crippen molar-refractivity contribution in [2.24, 2.45) is 35.5 Å². The molecule has 11 unspecified atom stereocenters. The largest absolute Gasteiger partial charge is 0.508 e. The molecule has 4 aliphatic rings. The van der Waals surface area contributed by atoms with E-state index in [1.54, 1.807) is 14.0 Å². The van der Waals surface area contributed by atoms with Crippen molar-refractivity contribution in [1.82, 2.24) is 26.4 Å². The molecular formula is C62H99N5O11. The van der Waals surface area contributed by atoms with E-state index < -0.39 is 59.8 Å². The quantitative estimate of drug-likeness (QED) is 0.0295. The number of aliphatic hydroxyl groups excluding tert-OH is 3. The maximum atomic E-state index is 14.6. The van der Waals surface area contributed by atoms with Gasteiger partial charge in [-0.05, 0) is 151 Å². The standard InChI is InChI=1S/C61H95N5O10.CH4O/c1-13-46(37-48(67)15-3)38-51-59(72)66-35-23-27-50(65-66)60(73)76-53(28-22-17-16-19-26-43(9)55-49(31-30-45(11)75-55)57(70)63-54(39(4)5)58(71)62-51)42(8)25-21-18-20-24-41(7)52(68)32-29-40(6)36-44(10)61(74-12)34-33-47(14-2)56(69)64-61;1-2/h13,15-19,21-22,25,36-37,39-41,43,45,47,49-55,65,67-68H,1,14,20,23-24,26-35,38H2,2-12H3,(H,62,71)(H,63,70)(H,64,69);2H,1H3/b19-16+,21-18+,22-17+,42-25+,44-36-,46-37+,48-15+;/t40?,41?,43?,45?,47?,49?,50?,51?,52?,53-,54?,55?,61+;/m0./s1. The van der Waals surface area contributed by atoms with Crippen molar-refractivity contribution >= 4 is 29.6 Å². The fraction of sp³-hybridized carbons (Fsp3) is 0.661. The molecule has 3 fully saturated rings. The highest BCUT2D eigenvalue weighted by Gasteiger charge is 2.42. The predicted octanol–water partition coefficient (Wildman–Crippen LogP) is 9.24. The van der Waals surface area contributed by atoms with E-state index in [-0.39, 0.29) is 72.3 Å². The summed E-state index contributed by atoms with van der Waals surface area (Å²) in [4.78, 5) is 69.8. The summed E-state index contributed by atoms with van der Waals surface area (Å²) >= 11 is 0. The Balaban J connectivity index is 0.00000790. The first-order valence-corrected chi connectivity index (χ1v) is 28.7. The number of aliphatic hydroxyl groups is 3. The van der Waals surface area contributed by atoms with Crippen molar-refractivity contribution in [3.63, 3.8) is 0 Å². The van der Waals surface area contributed by atoms with Crippen LogP contribution in [0.25, 0.3) is 0 Å². The van der Waals surface area contributed by atoms with E-state index in [9.17, 15) is 34.2 Å². The summed E-state index contributed by atoms with van der Waals surface area (Å²) in [7, 11) is 2.64. The lowest BCUT2D eigenvalue weighted by atomic mass is 9.82. The minimum atomic E-state index is -1.16. The molecule has 0 aromatic carbocycles. The minimum absolute atomic E-state index is 0.0153. The number of amides is 4. The Labute approximate surface area is 467 Å².